The van der Waals surface area contributed by atoms with Crippen LogP contribution in [0.5, 0.6) is 0 Å². The molecule has 25 heavy (non-hydrogen) atoms. The summed E-state index contributed by atoms with van der Waals surface area (Å²) in [6.07, 6.45) is 3.19. The maximum atomic E-state index is 11.6. The minimum atomic E-state index is -0.565. The molecule has 0 radical (unpaired) electrons. The van der Waals surface area contributed by atoms with E-state index in [1.807, 2.05) is 20.8 Å². The summed E-state index contributed by atoms with van der Waals surface area (Å²) in [6, 6.07) is 0. The van der Waals surface area contributed by atoms with Crippen molar-refractivity contribution in [2.45, 2.75) is 52.1 Å². The molecule has 0 aliphatic heterocycles. The molecule has 0 aromatic heterocycles. The molecule has 3 N–H and O–H groups in total. The van der Waals surface area contributed by atoms with Crippen LogP contribution < -0.4 is 16.0 Å². The molecule has 0 aromatic rings. The molecule has 8 heteroatoms. The molecule has 3 amide bonds. The van der Waals surface area contributed by atoms with Crippen molar-refractivity contribution in [3.63, 3.8) is 0 Å². The van der Waals surface area contributed by atoms with Crippen LogP contribution in [0.1, 0.15) is 46.5 Å². The largest absolute Gasteiger partial charge is 0.445 e. The zero-order valence-electron chi connectivity index (χ0n) is 15.5. The first-order valence-electron chi connectivity index (χ1n) is 8.49. The van der Waals surface area contributed by atoms with E-state index in [0.29, 0.717) is 13.1 Å². The van der Waals surface area contributed by atoms with Gasteiger partial charge in [0.2, 0.25) is 5.91 Å². The lowest BCUT2D eigenvalue weighted by atomic mass is 10.2. The summed E-state index contributed by atoms with van der Waals surface area (Å²) in [6.45, 7) is 10.3. The number of nitrogens with one attached hydrogen (secondary N) is 3. The summed E-state index contributed by atoms with van der Waals surface area (Å²) < 4.78 is 9.84. The Morgan fingerprint density at radius 1 is 0.920 bits per heavy atom. The highest BCUT2D eigenvalue weighted by Crippen LogP contribution is 2.06. The Hall–Kier alpha value is -2.25. The van der Waals surface area contributed by atoms with Crippen molar-refractivity contribution in [2.75, 3.05) is 26.2 Å². The highest BCUT2D eigenvalue weighted by molar-refractivity contribution is 5.76. The molecule has 0 fully saturated rings. The molecular weight excluding hydrogens is 326 g/mol. The Labute approximate surface area is 149 Å². The van der Waals surface area contributed by atoms with Crippen molar-refractivity contribution in [2.24, 2.45) is 0 Å². The summed E-state index contributed by atoms with van der Waals surface area (Å²) in [5.41, 5.74) is -0.494. The Kier molecular flexibility index (Phi) is 11.9. The van der Waals surface area contributed by atoms with Crippen LogP contribution in [0.3, 0.4) is 0 Å². The van der Waals surface area contributed by atoms with E-state index in [0.717, 1.165) is 19.3 Å². The molecule has 0 aromatic carbocycles. The van der Waals surface area contributed by atoms with Gasteiger partial charge < -0.3 is 25.4 Å². The SMILES string of the molecule is C=CCOC(=O)NCCC(=O)NCCCCCNC(=O)OC(C)(C)C. The van der Waals surface area contributed by atoms with Crippen molar-refractivity contribution in [1.82, 2.24) is 16.0 Å². The second-order valence-corrected chi connectivity index (χ2v) is 6.40. The molecule has 0 saturated heterocycles. The zero-order valence-corrected chi connectivity index (χ0v) is 15.5. The van der Waals surface area contributed by atoms with E-state index in [1.54, 1.807) is 0 Å². The van der Waals surface area contributed by atoms with Crippen LogP contribution in [-0.4, -0.2) is 49.9 Å². The molecular formula is C17H31N3O5. The van der Waals surface area contributed by atoms with Crippen LogP contribution in [0.25, 0.3) is 0 Å². The van der Waals surface area contributed by atoms with Gasteiger partial charge >= 0.3 is 12.2 Å². The van der Waals surface area contributed by atoms with Crippen molar-refractivity contribution >= 4 is 18.1 Å². The van der Waals surface area contributed by atoms with Gasteiger partial charge in [-0.25, -0.2) is 9.59 Å². The van der Waals surface area contributed by atoms with Crippen molar-refractivity contribution in [3.05, 3.63) is 12.7 Å². The first kappa shape index (κ1) is 22.8. The fraction of sp³-hybridized carbons (Fsp3) is 0.706. The van der Waals surface area contributed by atoms with Gasteiger partial charge in [0, 0.05) is 26.1 Å². The fourth-order valence-electron chi connectivity index (χ4n) is 1.71. The average Bonchev–Trinajstić information content (AvgIpc) is 2.50. The van der Waals surface area contributed by atoms with Crippen LogP contribution in [0, 0.1) is 0 Å². The van der Waals surface area contributed by atoms with Crippen molar-refractivity contribution in [1.29, 1.82) is 0 Å². The Balaban J connectivity index is 3.47. The van der Waals surface area contributed by atoms with Crippen molar-refractivity contribution < 1.29 is 23.9 Å². The number of ether oxygens (including phenoxy) is 2. The molecule has 0 heterocycles. The van der Waals surface area contributed by atoms with Crippen LogP contribution in [0.15, 0.2) is 12.7 Å². The number of alkyl carbamates (subject to hydrolysis) is 2. The average molecular weight is 357 g/mol. The molecule has 0 aliphatic carbocycles. The van der Waals surface area contributed by atoms with Gasteiger partial charge in [-0.3, -0.25) is 4.79 Å². The van der Waals surface area contributed by atoms with Gasteiger partial charge in [0.1, 0.15) is 12.2 Å². The molecule has 0 saturated carbocycles. The highest BCUT2D eigenvalue weighted by atomic mass is 16.6. The van der Waals surface area contributed by atoms with E-state index in [1.165, 1.54) is 6.08 Å². The van der Waals surface area contributed by atoms with Crippen LogP contribution in [0.2, 0.25) is 0 Å². The van der Waals surface area contributed by atoms with Gasteiger partial charge in [-0.15, -0.1) is 0 Å². The second kappa shape index (κ2) is 13.1. The number of hydrogen-bond acceptors (Lipinski definition) is 5. The number of carbonyl (C=O) groups is 3. The third kappa shape index (κ3) is 16.4. The molecule has 0 aliphatic rings. The van der Waals surface area contributed by atoms with Gasteiger partial charge in [-0.2, -0.15) is 0 Å². The van der Waals surface area contributed by atoms with Crippen LogP contribution >= 0.6 is 0 Å². The quantitative estimate of drug-likeness (QED) is 0.388. The number of carbonyl (C=O) groups excluding carboxylic acids is 3. The number of rotatable bonds is 11. The topological polar surface area (TPSA) is 106 Å². The van der Waals surface area contributed by atoms with Gasteiger partial charge in [-0.05, 0) is 40.0 Å². The Morgan fingerprint density at radius 3 is 2.12 bits per heavy atom. The zero-order chi connectivity index (χ0) is 19.1. The third-order valence-electron chi connectivity index (χ3n) is 2.80. The fourth-order valence-corrected chi connectivity index (χ4v) is 1.71. The molecule has 144 valence electrons. The van der Waals surface area contributed by atoms with Gasteiger partial charge in [0.25, 0.3) is 0 Å². The van der Waals surface area contributed by atoms with E-state index in [4.69, 9.17) is 9.47 Å². The molecule has 0 atom stereocenters. The first-order chi connectivity index (χ1) is 11.7. The Morgan fingerprint density at radius 2 is 1.52 bits per heavy atom. The number of amides is 3. The Bertz CT molecular complexity index is 432. The molecule has 0 bridgehead atoms. The molecule has 0 spiro atoms. The van der Waals surface area contributed by atoms with E-state index >= 15 is 0 Å². The summed E-state index contributed by atoms with van der Waals surface area (Å²) in [7, 11) is 0. The smallest absolute Gasteiger partial charge is 0.407 e. The summed E-state index contributed by atoms with van der Waals surface area (Å²) in [5.74, 6) is -0.129. The predicted octanol–water partition coefficient (Wildman–Crippen LogP) is 2.10. The standard InChI is InChI=1S/C17H31N3O5/c1-5-13-24-15(22)20-12-9-14(21)18-10-7-6-8-11-19-16(23)25-17(2,3)4/h5H,1,6-13H2,2-4H3,(H,18,21)(H,19,23)(H,20,22). The number of hydrogen-bond donors (Lipinski definition) is 3. The summed E-state index contributed by atoms with van der Waals surface area (Å²) in [4.78, 5) is 34.1. The maximum Gasteiger partial charge on any atom is 0.407 e. The first-order valence-corrected chi connectivity index (χ1v) is 8.49. The predicted molar refractivity (Wildman–Crippen MR) is 95.3 cm³/mol. The summed E-state index contributed by atoms with van der Waals surface area (Å²) >= 11 is 0. The molecule has 0 unspecified atom stereocenters. The molecule has 8 nitrogen and oxygen atoms in total. The van der Waals surface area contributed by atoms with E-state index in [-0.39, 0.29) is 25.5 Å². The molecule has 0 rings (SSSR count). The number of unbranched alkanes of at least 4 members (excludes halogenated alkanes) is 2. The summed E-state index contributed by atoms with van der Waals surface area (Å²) in [5, 5.41) is 7.93. The van der Waals surface area contributed by atoms with E-state index < -0.39 is 17.8 Å². The van der Waals surface area contributed by atoms with Crippen LogP contribution in [-0.2, 0) is 14.3 Å². The van der Waals surface area contributed by atoms with Crippen molar-refractivity contribution in [3.8, 4) is 0 Å². The van der Waals surface area contributed by atoms with Gasteiger partial charge in [0.05, 0.1) is 0 Å². The monoisotopic (exact) mass is 357 g/mol. The van der Waals surface area contributed by atoms with E-state index in [9.17, 15) is 14.4 Å². The van der Waals surface area contributed by atoms with E-state index in [2.05, 4.69) is 22.5 Å². The lowest BCUT2D eigenvalue weighted by Gasteiger charge is -2.19. The maximum absolute atomic E-state index is 11.6. The van der Waals surface area contributed by atoms with Gasteiger partial charge in [-0.1, -0.05) is 12.7 Å². The van der Waals surface area contributed by atoms with Gasteiger partial charge in [0.15, 0.2) is 0 Å². The second-order valence-electron chi connectivity index (χ2n) is 6.40. The normalized spacial score (nSPS) is 10.5. The highest BCUT2D eigenvalue weighted by Gasteiger charge is 2.15. The lowest BCUT2D eigenvalue weighted by molar-refractivity contribution is -0.120. The van der Waals surface area contributed by atoms with Crippen LogP contribution in [0.4, 0.5) is 9.59 Å². The minimum absolute atomic E-state index is 0.129. The third-order valence-corrected chi connectivity index (χ3v) is 2.80. The lowest BCUT2D eigenvalue weighted by Crippen LogP contribution is -2.33. The minimum Gasteiger partial charge on any atom is -0.445 e.